The van der Waals surface area contributed by atoms with Gasteiger partial charge in [0.1, 0.15) is 0 Å². The Labute approximate surface area is 110 Å². The smallest absolute Gasteiger partial charge is 0.339 e. The highest BCUT2D eigenvalue weighted by atomic mass is 16.5. The van der Waals surface area contributed by atoms with Crippen LogP contribution in [0.25, 0.3) is 16.6 Å². The third-order valence-electron chi connectivity index (χ3n) is 3.02. The second-order valence-electron chi connectivity index (χ2n) is 4.15. The number of benzene rings is 1. The number of hydrogen-bond acceptors (Lipinski definition) is 3. The summed E-state index contributed by atoms with van der Waals surface area (Å²) >= 11 is 0. The number of carbonyl (C=O) groups excluding carboxylic acids is 1. The molecular formula is C15H12N2O2. The first-order valence-electron chi connectivity index (χ1n) is 5.90. The van der Waals surface area contributed by atoms with E-state index in [4.69, 9.17) is 4.74 Å². The van der Waals surface area contributed by atoms with Gasteiger partial charge in [-0.05, 0) is 18.2 Å². The van der Waals surface area contributed by atoms with Crippen LogP contribution in [-0.4, -0.2) is 22.6 Å². The van der Waals surface area contributed by atoms with Crippen molar-refractivity contribution in [2.45, 2.75) is 0 Å². The van der Waals surface area contributed by atoms with Crippen LogP contribution in [-0.2, 0) is 4.74 Å². The van der Waals surface area contributed by atoms with Gasteiger partial charge in [0.05, 0.1) is 23.9 Å². The van der Waals surface area contributed by atoms with Crippen LogP contribution in [0, 0.1) is 0 Å². The SMILES string of the molecule is COC(=O)c1ccn(-c2ccnc3ccccc23)c1. The molecule has 0 saturated carbocycles. The third kappa shape index (κ3) is 1.97. The summed E-state index contributed by atoms with van der Waals surface area (Å²) in [7, 11) is 1.38. The number of rotatable bonds is 2. The fraction of sp³-hybridized carbons (Fsp3) is 0.0667. The maximum atomic E-state index is 11.5. The zero-order chi connectivity index (χ0) is 13.2. The van der Waals surface area contributed by atoms with Crippen molar-refractivity contribution in [3.8, 4) is 5.69 Å². The number of aromatic nitrogens is 2. The predicted molar refractivity (Wildman–Crippen MR) is 72.4 cm³/mol. The van der Waals surface area contributed by atoms with E-state index < -0.39 is 0 Å². The maximum Gasteiger partial charge on any atom is 0.339 e. The van der Waals surface area contributed by atoms with Crippen molar-refractivity contribution in [2.75, 3.05) is 7.11 Å². The Bertz CT molecular complexity index is 741. The molecule has 0 unspecified atom stereocenters. The summed E-state index contributed by atoms with van der Waals surface area (Å²) < 4.78 is 6.61. The highest BCUT2D eigenvalue weighted by molar-refractivity contribution is 5.90. The fourth-order valence-corrected chi connectivity index (χ4v) is 2.09. The first kappa shape index (κ1) is 11.5. The van der Waals surface area contributed by atoms with E-state index in [1.54, 1.807) is 18.5 Å². The molecule has 0 bridgehead atoms. The average molecular weight is 252 g/mol. The van der Waals surface area contributed by atoms with Crippen LogP contribution < -0.4 is 0 Å². The molecule has 0 aliphatic heterocycles. The number of hydrogen-bond donors (Lipinski definition) is 0. The van der Waals surface area contributed by atoms with Crippen LogP contribution in [0.4, 0.5) is 0 Å². The Morgan fingerprint density at radius 2 is 2.05 bits per heavy atom. The average Bonchev–Trinajstić information content (AvgIpc) is 2.95. The zero-order valence-electron chi connectivity index (χ0n) is 10.4. The third-order valence-corrected chi connectivity index (χ3v) is 3.02. The number of carbonyl (C=O) groups is 1. The van der Waals surface area contributed by atoms with Gasteiger partial charge in [0, 0.05) is 24.0 Å². The summed E-state index contributed by atoms with van der Waals surface area (Å²) in [6, 6.07) is 11.6. The van der Waals surface area contributed by atoms with Gasteiger partial charge in [-0.3, -0.25) is 4.98 Å². The van der Waals surface area contributed by atoms with E-state index in [2.05, 4.69) is 4.98 Å². The molecule has 0 aliphatic rings. The summed E-state index contributed by atoms with van der Waals surface area (Å²) in [5.74, 6) is -0.336. The van der Waals surface area contributed by atoms with Gasteiger partial charge in [0.15, 0.2) is 0 Å². The van der Waals surface area contributed by atoms with Crippen LogP contribution in [0.2, 0.25) is 0 Å². The molecule has 0 fully saturated rings. The van der Waals surface area contributed by atoms with E-state index in [1.165, 1.54) is 7.11 Å². The normalized spacial score (nSPS) is 10.6. The Morgan fingerprint density at radius 3 is 2.89 bits per heavy atom. The minimum absolute atomic E-state index is 0.336. The van der Waals surface area contributed by atoms with E-state index in [0.717, 1.165) is 16.6 Å². The van der Waals surface area contributed by atoms with E-state index in [-0.39, 0.29) is 5.97 Å². The molecule has 0 N–H and O–H groups in total. The lowest BCUT2D eigenvalue weighted by molar-refractivity contribution is 0.0601. The summed E-state index contributed by atoms with van der Waals surface area (Å²) in [5, 5.41) is 1.04. The molecule has 1 aromatic carbocycles. The molecule has 0 saturated heterocycles. The molecule has 0 amide bonds. The number of esters is 1. The molecule has 0 spiro atoms. The quantitative estimate of drug-likeness (QED) is 0.659. The molecule has 19 heavy (non-hydrogen) atoms. The molecule has 0 aliphatic carbocycles. The monoisotopic (exact) mass is 252 g/mol. The van der Waals surface area contributed by atoms with Crippen molar-refractivity contribution in [3.05, 3.63) is 60.6 Å². The van der Waals surface area contributed by atoms with E-state index in [9.17, 15) is 4.79 Å². The molecule has 2 aromatic heterocycles. The lowest BCUT2D eigenvalue weighted by atomic mass is 10.2. The number of fused-ring (bicyclic) bond motifs is 1. The Kier molecular flexibility index (Phi) is 2.76. The highest BCUT2D eigenvalue weighted by Gasteiger charge is 2.09. The Morgan fingerprint density at radius 1 is 1.21 bits per heavy atom. The molecule has 3 aromatic rings. The molecule has 3 rings (SSSR count). The second kappa shape index (κ2) is 4.57. The van der Waals surface area contributed by atoms with Crippen LogP contribution in [0.1, 0.15) is 10.4 Å². The maximum absolute atomic E-state index is 11.5. The summed E-state index contributed by atoms with van der Waals surface area (Å²) in [6.07, 6.45) is 5.36. The minimum atomic E-state index is -0.336. The summed E-state index contributed by atoms with van der Waals surface area (Å²) in [4.78, 5) is 15.8. The largest absolute Gasteiger partial charge is 0.465 e. The number of ether oxygens (including phenoxy) is 1. The second-order valence-corrected chi connectivity index (χ2v) is 4.15. The molecule has 4 nitrogen and oxygen atoms in total. The standard InChI is InChI=1S/C15H12N2O2/c1-19-15(18)11-7-9-17(10-11)14-6-8-16-13-5-3-2-4-12(13)14/h2-10H,1H3. The van der Waals surface area contributed by atoms with Gasteiger partial charge in [0.2, 0.25) is 0 Å². The highest BCUT2D eigenvalue weighted by Crippen LogP contribution is 2.21. The number of pyridine rings is 1. The van der Waals surface area contributed by atoms with Crippen molar-refractivity contribution >= 4 is 16.9 Å². The van der Waals surface area contributed by atoms with Crippen molar-refractivity contribution in [1.29, 1.82) is 0 Å². The zero-order valence-corrected chi connectivity index (χ0v) is 10.4. The first-order valence-corrected chi connectivity index (χ1v) is 5.90. The fourth-order valence-electron chi connectivity index (χ4n) is 2.09. The number of methoxy groups -OCH3 is 1. The van der Waals surface area contributed by atoms with Gasteiger partial charge in [-0.1, -0.05) is 18.2 Å². The molecule has 94 valence electrons. The molecule has 2 heterocycles. The lowest BCUT2D eigenvalue weighted by Gasteiger charge is -2.06. The van der Waals surface area contributed by atoms with Gasteiger partial charge in [0.25, 0.3) is 0 Å². The van der Waals surface area contributed by atoms with Crippen LogP contribution >= 0.6 is 0 Å². The Balaban J connectivity index is 2.14. The van der Waals surface area contributed by atoms with Gasteiger partial charge in [-0.15, -0.1) is 0 Å². The van der Waals surface area contributed by atoms with E-state index in [0.29, 0.717) is 5.56 Å². The molecule has 0 radical (unpaired) electrons. The van der Waals surface area contributed by atoms with Gasteiger partial charge in [-0.25, -0.2) is 4.79 Å². The van der Waals surface area contributed by atoms with E-state index in [1.807, 2.05) is 41.1 Å². The van der Waals surface area contributed by atoms with Crippen molar-refractivity contribution in [2.24, 2.45) is 0 Å². The first-order chi connectivity index (χ1) is 9.29. The van der Waals surface area contributed by atoms with Crippen molar-refractivity contribution in [3.63, 3.8) is 0 Å². The van der Waals surface area contributed by atoms with Crippen molar-refractivity contribution < 1.29 is 9.53 Å². The van der Waals surface area contributed by atoms with Crippen molar-refractivity contribution in [1.82, 2.24) is 9.55 Å². The van der Waals surface area contributed by atoms with Gasteiger partial charge in [-0.2, -0.15) is 0 Å². The van der Waals surface area contributed by atoms with Gasteiger partial charge >= 0.3 is 5.97 Å². The van der Waals surface area contributed by atoms with Gasteiger partial charge < -0.3 is 9.30 Å². The minimum Gasteiger partial charge on any atom is -0.465 e. The number of nitrogens with zero attached hydrogens (tertiary/aromatic N) is 2. The number of para-hydroxylation sites is 1. The predicted octanol–water partition coefficient (Wildman–Crippen LogP) is 2.81. The topological polar surface area (TPSA) is 44.1 Å². The van der Waals surface area contributed by atoms with Crippen LogP contribution in [0.5, 0.6) is 0 Å². The van der Waals surface area contributed by atoms with Crippen LogP contribution in [0.3, 0.4) is 0 Å². The Hall–Kier alpha value is -2.62. The molecule has 0 atom stereocenters. The summed E-state index contributed by atoms with van der Waals surface area (Å²) in [6.45, 7) is 0. The molecular weight excluding hydrogens is 240 g/mol. The van der Waals surface area contributed by atoms with E-state index >= 15 is 0 Å². The van der Waals surface area contributed by atoms with Crippen LogP contribution in [0.15, 0.2) is 55.0 Å². The molecule has 4 heteroatoms. The lowest BCUT2D eigenvalue weighted by Crippen LogP contribution is -1.99. The summed E-state index contributed by atoms with van der Waals surface area (Å²) in [5.41, 5.74) is 2.44.